The molecule has 3 aromatic carbocycles. The smallest absolute Gasteiger partial charge is 0.286 e. The van der Waals surface area contributed by atoms with Crippen LogP contribution in [0.5, 0.6) is 5.75 Å². The van der Waals surface area contributed by atoms with Crippen molar-refractivity contribution in [3.63, 3.8) is 0 Å². The first-order valence-electron chi connectivity index (χ1n) is 9.52. The normalized spacial score (nSPS) is 11.2. The zero-order chi connectivity index (χ0) is 21.5. The molecule has 1 aromatic heterocycles. The molecule has 0 fully saturated rings. The van der Waals surface area contributed by atoms with Crippen molar-refractivity contribution in [2.75, 3.05) is 5.32 Å². The number of ether oxygens (including phenoxy) is 1. The first-order valence-corrected chi connectivity index (χ1v) is 10.7. The number of halogens is 1. The Kier molecular flexibility index (Phi) is 6.72. The van der Waals surface area contributed by atoms with E-state index in [1.54, 1.807) is 18.2 Å². The summed E-state index contributed by atoms with van der Waals surface area (Å²) in [4.78, 5) is 12.4. The molecule has 4 rings (SSSR count). The highest BCUT2D eigenvalue weighted by molar-refractivity contribution is 7.15. The number of benzene rings is 3. The Morgan fingerprint density at radius 2 is 1.65 bits per heavy atom. The maximum atomic E-state index is 12.4. The van der Waals surface area contributed by atoms with Gasteiger partial charge in [0.2, 0.25) is 5.01 Å². The summed E-state index contributed by atoms with van der Waals surface area (Å²) in [5.41, 5.74) is 2.65. The molecule has 1 amide bonds. The second-order valence-electron chi connectivity index (χ2n) is 6.57. The van der Waals surface area contributed by atoms with Gasteiger partial charge in [-0.05, 0) is 41.5 Å². The van der Waals surface area contributed by atoms with E-state index in [2.05, 4.69) is 15.5 Å². The minimum atomic E-state index is -0.323. The lowest BCUT2D eigenvalue weighted by molar-refractivity contribution is 0.102. The van der Waals surface area contributed by atoms with Crippen molar-refractivity contribution in [2.24, 2.45) is 0 Å². The summed E-state index contributed by atoms with van der Waals surface area (Å²) < 4.78 is 5.86. The lowest BCUT2D eigenvalue weighted by Gasteiger charge is -2.07. The van der Waals surface area contributed by atoms with Gasteiger partial charge < -0.3 is 10.1 Å². The second kappa shape index (κ2) is 10.0. The van der Waals surface area contributed by atoms with E-state index in [-0.39, 0.29) is 10.9 Å². The van der Waals surface area contributed by atoms with Gasteiger partial charge in [-0.1, -0.05) is 83.6 Å². The number of para-hydroxylation sites is 1. The molecule has 1 N–H and O–H groups in total. The summed E-state index contributed by atoms with van der Waals surface area (Å²) >= 11 is 7.57. The number of aromatic nitrogens is 2. The maximum Gasteiger partial charge on any atom is 0.286 e. The number of anilines is 1. The van der Waals surface area contributed by atoms with Gasteiger partial charge in [-0.15, -0.1) is 10.2 Å². The largest absolute Gasteiger partial charge is 0.489 e. The van der Waals surface area contributed by atoms with E-state index in [0.717, 1.165) is 28.2 Å². The quantitative estimate of drug-likeness (QED) is 0.371. The molecule has 0 aliphatic carbocycles. The number of rotatable bonds is 7. The SMILES string of the molecule is O=C(Nc1ccccc1)c1nnc(/C(Cl)=C/c2cccc(OCc3ccccc3)c2)s1. The first kappa shape index (κ1) is 20.8. The van der Waals surface area contributed by atoms with Crippen LogP contribution in [-0.4, -0.2) is 16.1 Å². The Bertz CT molecular complexity index is 1190. The number of hydrogen-bond acceptors (Lipinski definition) is 5. The van der Waals surface area contributed by atoms with Crippen LogP contribution in [0.15, 0.2) is 84.9 Å². The number of amides is 1. The predicted octanol–water partition coefficient (Wildman–Crippen LogP) is 6.11. The van der Waals surface area contributed by atoms with Gasteiger partial charge in [0.25, 0.3) is 5.91 Å². The van der Waals surface area contributed by atoms with E-state index in [9.17, 15) is 4.79 Å². The summed E-state index contributed by atoms with van der Waals surface area (Å²) in [5.74, 6) is 0.415. The Morgan fingerprint density at radius 1 is 0.935 bits per heavy atom. The Labute approximate surface area is 189 Å². The van der Waals surface area contributed by atoms with Crippen LogP contribution < -0.4 is 10.1 Å². The molecule has 154 valence electrons. The molecule has 7 heteroatoms. The average molecular weight is 448 g/mol. The third-order valence-electron chi connectivity index (χ3n) is 4.26. The van der Waals surface area contributed by atoms with E-state index >= 15 is 0 Å². The molecule has 0 unspecified atom stereocenters. The third-order valence-corrected chi connectivity index (χ3v) is 5.61. The molecule has 31 heavy (non-hydrogen) atoms. The van der Waals surface area contributed by atoms with Gasteiger partial charge in [0.05, 0.1) is 5.03 Å². The molecule has 0 saturated heterocycles. The molecular formula is C24H18ClN3O2S. The van der Waals surface area contributed by atoms with Crippen molar-refractivity contribution in [3.05, 3.63) is 106 Å². The Hall–Kier alpha value is -3.48. The number of carbonyl (C=O) groups excluding carboxylic acids is 1. The lowest BCUT2D eigenvalue weighted by atomic mass is 10.2. The summed E-state index contributed by atoms with van der Waals surface area (Å²) in [6, 6.07) is 26.8. The number of nitrogens with one attached hydrogen (secondary N) is 1. The van der Waals surface area contributed by atoms with E-state index in [1.807, 2.05) is 72.8 Å². The van der Waals surface area contributed by atoms with Gasteiger partial charge in [0, 0.05) is 5.69 Å². The lowest BCUT2D eigenvalue weighted by Crippen LogP contribution is -2.11. The molecule has 0 bridgehead atoms. The summed E-state index contributed by atoms with van der Waals surface area (Å²) in [7, 11) is 0. The van der Waals surface area contributed by atoms with Gasteiger partial charge in [0.15, 0.2) is 5.01 Å². The van der Waals surface area contributed by atoms with Crippen molar-refractivity contribution in [3.8, 4) is 5.75 Å². The number of nitrogens with zero attached hydrogens (tertiary/aromatic N) is 2. The second-order valence-corrected chi connectivity index (χ2v) is 7.96. The molecule has 0 atom stereocenters. The molecule has 0 aliphatic rings. The van der Waals surface area contributed by atoms with Crippen LogP contribution >= 0.6 is 22.9 Å². The Morgan fingerprint density at radius 3 is 2.42 bits per heavy atom. The highest BCUT2D eigenvalue weighted by Crippen LogP contribution is 2.27. The minimum Gasteiger partial charge on any atom is -0.489 e. The van der Waals surface area contributed by atoms with E-state index in [0.29, 0.717) is 22.3 Å². The van der Waals surface area contributed by atoms with Crippen molar-refractivity contribution in [2.45, 2.75) is 6.61 Å². The van der Waals surface area contributed by atoms with Crippen LogP contribution in [0.1, 0.15) is 25.9 Å². The van der Waals surface area contributed by atoms with Gasteiger partial charge in [-0.25, -0.2) is 0 Å². The fraction of sp³-hybridized carbons (Fsp3) is 0.0417. The topological polar surface area (TPSA) is 64.1 Å². The molecule has 0 aliphatic heterocycles. The molecule has 0 spiro atoms. The van der Waals surface area contributed by atoms with Crippen LogP contribution in [-0.2, 0) is 6.61 Å². The zero-order valence-corrected chi connectivity index (χ0v) is 17.9. The number of carbonyl (C=O) groups is 1. The van der Waals surface area contributed by atoms with Gasteiger partial charge in [-0.3, -0.25) is 4.79 Å². The van der Waals surface area contributed by atoms with Gasteiger partial charge in [0.1, 0.15) is 12.4 Å². The van der Waals surface area contributed by atoms with Crippen molar-refractivity contribution >= 4 is 45.6 Å². The predicted molar refractivity (Wildman–Crippen MR) is 125 cm³/mol. The Balaban J connectivity index is 1.43. The van der Waals surface area contributed by atoms with Crippen molar-refractivity contribution in [1.82, 2.24) is 10.2 Å². The summed E-state index contributed by atoms with van der Waals surface area (Å²) in [6.07, 6.45) is 1.77. The van der Waals surface area contributed by atoms with E-state index < -0.39 is 0 Å². The first-order chi connectivity index (χ1) is 15.2. The van der Waals surface area contributed by atoms with Gasteiger partial charge in [-0.2, -0.15) is 0 Å². The van der Waals surface area contributed by atoms with E-state index in [1.165, 1.54) is 0 Å². The fourth-order valence-electron chi connectivity index (χ4n) is 2.76. The molecule has 5 nitrogen and oxygen atoms in total. The summed E-state index contributed by atoms with van der Waals surface area (Å²) in [5, 5.41) is 11.9. The van der Waals surface area contributed by atoms with E-state index in [4.69, 9.17) is 16.3 Å². The average Bonchev–Trinajstić information content (AvgIpc) is 3.30. The van der Waals surface area contributed by atoms with Gasteiger partial charge >= 0.3 is 0 Å². The van der Waals surface area contributed by atoms with Crippen LogP contribution in [0.4, 0.5) is 5.69 Å². The zero-order valence-electron chi connectivity index (χ0n) is 16.4. The molecule has 1 heterocycles. The highest BCUT2D eigenvalue weighted by Gasteiger charge is 2.15. The summed E-state index contributed by atoms with van der Waals surface area (Å²) in [6.45, 7) is 0.484. The van der Waals surface area contributed by atoms with Crippen LogP contribution in [0.2, 0.25) is 0 Å². The van der Waals surface area contributed by atoms with Crippen LogP contribution in [0.25, 0.3) is 11.1 Å². The maximum absolute atomic E-state index is 12.4. The molecule has 0 saturated carbocycles. The van der Waals surface area contributed by atoms with Crippen molar-refractivity contribution < 1.29 is 9.53 Å². The standard InChI is InChI=1S/C24H18ClN3O2S/c25-21(23-27-28-24(31-23)22(29)26-19-11-5-2-6-12-19)15-18-10-7-13-20(14-18)30-16-17-8-3-1-4-9-17/h1-15H,16H2,(H,26,29)/b21-15-. The van der Waals surface area contributed by atoms with Crippen molar-refractivity contribution in [1.29, 1.82) is 0 Å². The van der Waals surface area contributed by atoms with Crippen LogP contribution in [0.3, 0.4) is 0 Å². The monoisotopic (exact) mass is 447 g/mol. The minimum absolute atomic E-state index is 0.241. The third kappa shape index (κ3) is 5.78. The molecular weight excluding hydrogens is 430 g/mol. The molecule has 4 aromatic rings. The number of hydrogen-bond donors (Lipinski definition) is 1. The van der Waals surface area contributed by atoms with Crippen LogP contribution in [0, 0.1) is 0 Å². The molecule has 0 radical (unpaired) electrons. The highest BCUT2D eigenvalue weighted by atomic mass is 35.5. The fourth-order valence-corrected chi connectivity index (χ4v) is 3.69.